The van der Waals surface area contributed by atoms with Gasteiger partial charge in [0.2, 0.25) is 0 Å². The summed E-state index contributed by atoms with van der Waals surface area (Å²) in [6.07, 6.45) is 15.7. The van der Waals surface area contributed by atoms with Crippen LogP contribution in [0.25, 0.3) is 0 Å². The fraction of sp³-hybridized carbons (Fsp3) is 0.667. The average molecular weight is 305 g/mol. The lowest BCUT2D eigenvalue weighted by Gasteiger charge is -2.07. The van der Waals surface area contributed by atoms with Crippen molar-refractivity contribution in [3.8, 4) is 0 Å². The number of hydrogen-bond acceptors (Lipinski definition) is 3. The molecule has 0 aliphatic rings. The molecular formula is C18H31N3O. The third kappa shape index (κ3) is 7.55. The van der Waals surface area contributed by atoms with E-state index in [0.29, 0.717) is 5.69 Å². The minimum Gasteiger partial charge on any atom is -0.289 e. The number of rotatable bonds is 12. The first kappa shape index (κ1) is 18.6. The number of carbonyl (C=O) groups excluding carboxylic acids is 1. The summed E-state index contributed by atoms with van der Waals surface area (Å²) >= 11 is 0. The number of pyridine rings is 1. The molecule has 0 aliphatic heterocycles. The summed E-state index contributed by atoms with van der Waals surface area (Å²) in [5.41, 5.74) is 3.61. The maximum absolute atomic E-state index is 11.6. The molecule has 1 rings (SSSR count). The van der Waals surface area contributed by atoms with Crippen molar-refractivity contribution < 1.29 is 4.79 Å². The van der Waals surface area contributed by atoms with Gasteiger partial charge in [0.15, 0.2) is 0 Å². The second-order valence-electron chi connectivity index (χ2n) is 5.92. The van der Waals surface area contributed by atoms with E-state index >= 15 is 0 Å². The van der Waals surface area contributed by atoms with Gasteiger partial charge in [-0.1, -0.05) is 70.8 Å². The molecule has 0 saturated carbocycles. The zero-order valence-electron chi connectivity index (χ0n) is 13.9. The molecule has 0 aromatic carbocycles. The lowest BCUT2D eigenvalue weighted by atomic mass is 10.0. The number of hydrogen-bond donors (Lipinski definition) is 2. The Labute approximate surface area is 134 Å². The highest BCUT2D eigenvalue weighted by molar-refractivity contribution is 5.93. The predicted molar refractivity (Wildman–Crippen MR) is 91.4 cm³/mol. The molecule has 4 heteroatoms. The molecule has 0 saturated heterocycles. The smallest absolute Gasteiger partial charge is 0.284 e. The van der Waals surface area contributed by atoms with Crippen molar-refractivity contribution in [2.45, 2.75) is 77.6 Å². The summed E-state index contributed by atoms with van der Waals surface area (Å²) in [5, 5.41) is 0. The molecule has 1 aromatic rings. The number of carbonyl (C=O) groups is 1. The third-order valence-corrected chi connectivity index (χ3v) is 4.04. The van der Waals surface area contributed by atoms with E-state index in [2.05, 4.69) is 17.3 Å². The molecule has 0 bridgehead atoms. The van der Waals surface area contributed by atoms with Crippen LogP contribution in [0.4, 0.5) is 0 Å². The lowest BCUT2D eigenvalue weighted by molar-refractivity contribution is 0.0947. The van der Waals surface area contributed by atoms with Crippen molar-refractivity contribution >= 4 is 5.91 Å². The molecule has 1 heterocycles. The van der Waals surface area contributed by atoms with Crippen LogP contribution in [0.15, 0.2) is 18.3 Å². The second-order valence-corrected chi connectivity index (χ2v) is 5.92. The molecule has 0 fully saturated rings. The number of amides is 1. The van der Waals surface area contributed by atoms with Crippen molar-refractivity contribution in [3.63, 3.8) is 0 Å². The molecule has 0 aliphatic carbocycles. The molecule has 22 heavy (non-hydrogen) atoms. The van der Waals surface area contributed by atoms with Crippen molar-refractivity contribution in [3.05, 3.63) is 29.6 Å². The van der Waals surface area contributed by atoms with E-state index < -0.39 is 0 Å². The Morgan fingerprint density at radius 2 is 1.64 bits per heavy atom. The van der Waals surface area contributed by atoms with Gasteiger partial charge in [-0.2, -0.15) is 0 Å². The van der Waals surface area contributed by atoms with Gasteiger partial charge < -0.3 is 0 Å². The number of aromatic nitrogens is 1. The molecule has 4 nitrogen and oxygen atoms in total. The quantitative estimate of drug-likeness (QED) is 0.264. The zero-order chi connectivity index (χ0) is 16.0. The van der Waals surface area contributed by atoms with Crippen molar-refractivity contribution in [1.82, 2.24) is 10.4 Å². The number of nitrogens with one attached hydrogen (secondary N) is 1. The van der Waals surface area contributed by atoms with Crippen molar-refractivity contribution in [2.24, 2.45) is 5.84 Å². The minimum absolute atomic E-state index is 0.303. The van der Waals surface area contributed by atoms with Crippen LogP contribution in [-0.2, 0) is 6.42 Å². The fourth-order valence-electron chi connectivity index (χ4n) is 2.72. The van der Waals surface area contributed by atoms with Crippen LogP contribution in [-0.4, -0.2) is 10.9 Å². The van der Waals surface area contributed by atoms with Crippen LogP contribution in [0.2, 0.25) is 0 Å². The van der Waals surface area contributed by atoms with Crippen molar-refractivity contribution in [1.29, 1.82) is 0 Å². The van der Waals surface area contributed by atoms with Crippen LogP contribution < -0.4 is 11.3 Å². The normalized spacial score (nSPS) is 10.6. The van der Waals surface area contributed by atoms with Gasteiger partial charge in [0.05, 0.1) is 0 Å². The Balaban J connectivity index is 2.11. The van der Waals surface area contributed by atoms with Gasteiger partial charge in [0.1, 0.15) is 5.69 Å². The van der Waals surface area contributed by atoms with Crippen LogP contribution in [0.1, 0.15) is 87.2 Å². The lowest BCUT2D eigenvalue weighted by Crippen LogP contribution is -2.31. The van der Waals surface area contributed by atoms with E-state index in [0.717, 1.165) is 18.4 Å². The maximum Gasteiger partial charge on any atom is 0.284 e. The summed E-state index contributed by atoms with van der Waals surface area (Å²) in [7, 11) is 0. The van der Waals surface area contributed by atoms with Gasteiger partial charge in [0, 0.05) is 6.20 Å². The molecular weight excluding hydrogens is 274 g/mol. The number of nitrogens with two attached hydrogens (primary N) is 1. The number of hydrazine groups is 1. The Morgan fingerprint density at radius 3 is 2.23 bits per heavy atom. The Hall–Kier alpha value is -1.42. The van der Waals surface area contributed by atoms with Crippen LogP contribution in [0.5, 0.6) is 0 Å². The molecule has 3 N–H and O–H groups in total. The van der Waals surface area contributed by atoms with Gasteiger partial charge >= 0.3 is 0 Å². The number of unbranched alkanes of at least 4 members (excludes halogenated alkanes) is 9. The average Bonchev–Trinajstić information content (AvgIpc) is 2.56. The van der Waals surface area contributed by atoms with Gasteiger partial charge in [-0.25, -0.2) is 5.84 Å². The van der Waals surface area contributed by atoms with Gasteiger partial charge in [-0.15, -0.1) is 0 Å². The number of nitrogen functional groups attached to an aromatic ring is 1. The number of nitrogens with zero attached hydrogens (tertiary/aromatic N) is 1. The first-order valence-corrected chi connectivity index (χ1v) is 8.74. The van der Waals surface area contributed by atoms with E-state index in [9.17, 15) is 4.79 Å². The highest BCUT2D eigenvalue weighted by Crippen LogP contribution is 2.13. The molecule has 0 spiro atoms. The highest BCUT2D eigenvalue weighted by atomic mass is 16.2. The predicted octanol–water partition coefficient (Wildman–Crippen LogP) is 4.15. The Bertz CT molecular complexity index is 421. The summed E-state index contributed by atoms with van der Waals surface area (Å²) in [4.78, 5) is 15.7. The third-order valence-electron chi connectivity index (χ3n) is 4.04. The summed E-state index contributed by atoms with van der Waals surface area (Å²) in [6.45, 7) is 2.25. The zero-order valence-corrected chi connectivity index (χ0v) is 13.9. The van der Waals surface area contributed by atoms with Crippen LogP contribution in [0.3, 0.4) is 0 Å². The minimum atomic E-state index is -0.303. The van der Waals surface area contributed by atoms with E-state index in [4.69, 9.17) is 5.84 Å². The van der Waals surface area contributed by atoms with E-state index in [1.165, 1.54) is 57.8 Å². The monoisotopic (exact) mass is 305 g/mol. The largest absolute Gasteiger partial charge is 0.289 e. The van der Waals surface area contributed by atoms with E-state index in [-0.39, 0.29) is 5.91 Å². The standard InChI is InChI=1S/C18H31N3O/c1-2-3-4-5-6-7-8-9-10-11-13-16-14-12-15-20-17(16)18(22)21-19/h12,14-15H,2-11,13,19H2,1H3,(H,21,22). The first-order valence-electron chi connectivity index (χ1n) is 8.74. The Morgan fingerprint density at radius 1 is 1.05 bits per heavy atom. The van der Waals surface area contributed by atoms with Crippen molar-refractivity contribution in [2.75, 3.05) is 0 Å². The molecule has 1 amide bonds. The molecule has 124 valence electrons. The SMILES string of the molecule is CCCCCCCCCCCCc1cccnc1C(=O)NN. The van der Waals surface area contributed by atoms with Crippen LogP contribution >= 0.6 is 0 Å². The topological polar surface area (TPSA) is 68.0 Å². The van der Waals surface area contributed by atoms with E-state index in [1.807, 2.05) is 12.1 Å². The fourth-order valence-corrected chi connectivity index (χ4v) is 2.72. The van der Waals surface area contributed by atoms with Gasteiger partial charge in [0.25, 0.3) is 5.91 Å². The summed E-state index contributed by atoms with van der Waals surface area (Å²) < 4.78 is 0. The van der Waals surface area contributed by atoms with Gasteiger partial charge in [-0.05, 0) is 24.5 Å². The summed E-state index contributed by atoms with van der Waals surface area (Å²) in [6, 6.07) is 3.84. The first-order chi connectivity index (χ1) is 10.8. The highest BCUT2D eigenvalue weighted by Gasteiger charge is 2.10. The second kappa shape index (κ2) is 12.2. The summed E-state index contributed by atoms with van der Waals surface area (Å²) in [5.74, 6) is 4.88. The van der Waals surface area contributed by atoms with E-state index in [1.54, 1.807) is 6.20 Å². The Kier molecular flexibility index (Phi) is 10.3. The number of aryl methyl sites for hydroxylation is 1. The molecule has 0 radical (unpaired) electrons. The molecule has 0 unspecified atom stereocenters. The van der Waals surface area contributed by atoms with Gasteiger partial charge in [-0.3, -0.25) is 15.2 Å². The molecule has 1 aromatic heterocycles. The molecule has 0 atom stereocenters. The maximum atomic E-state index is 11.6. The van der Waals surface area contributed by atoms with Crippen LogP contribution in [0, 0.1) is 0 Å².